The van der Waals surface area contributed by atoms with E-state index in [9.17, 15) is 4.79 Å². The van der Waals surface area contributed by atoms with Gasteiger partial charge < -0.3 is 5.32 Å². The van der Waals surface area contributed by atoms with Crippen molar-refractivity contribution in [1.82, 2.24) is 19.3 Å². The summed E-state index contributed by atoms with van der Waals surface area (Å²) in [6, 6.07) is 10.3. The van der Waals surface area contributed by atoms with Gasteiger partial charge in [0.2, 0.25) is 5.91 Å². The van der Waals surface area contributed by atoms with Gasteiger partial charge in [-0.15, -0.1) is 0 Å². The number of nitrogens with zero attached hydrogens (tertiary/aromatic N) is 4. The molecular formula is C21H27N5OS. The first-order valence-corrected chi connectivity index (χ1v) is 10.4. The largest absolute Gasteiger partial charge is 0.310 e. The molecule has 0 radical (unpaired) electrons. The summed E-state index contributed by atoms with van der Waals surface area (Å²) in [5.74, 6) is 1.04. The molecule has 1 atom stereocenters. The molecule has 1 amide bonds. The Morgan fingerprint density at radius 2 is 1.82 bits per heavy atom. The molecule has 3 rings (SSSR count). The number of hydrogen-bond donors (Lipinski definition) is 1. The second kappa shape index (κ2) is 8.65. The Bertz CT molecular complexity index is 944. The van der Waals surface area contributed by atoms with E-state index in [2.05, 4.69) is 52.0 Å². The number of anilines is 1. The number of hydrogen-bond acceptors (Lipinski definition) is 4. The Morgan fingerprint density at radius 3 is 2.54 bits per heavy atom. The maximum absolute atomic E-state index is 12.7. The van der Waals surface area contributed by atoms with Crippen molar-refractivity contribution >= 4 is 23.5 Å². The van der Waals surface area contributed by atoms with Gasteiger partial charge in [-0.3, -0.25) is 9.36 Å². The summed E-state index contributed by atoms with van der Waals surface area (Å²) in [7, 11) is 0. The van der Waals surface area contributed by atoms with Crippen LogP contribution >= 0.6 is 11.8 Å². The van der Waals surface area contributed by atoms with Crippen molar-refractivity contribution in [3.05, 3.63) is 54.5 Å². The fourth-order valence-electron chi connectivity index (χ4n) is 3.02. The molecule has 1 N–H and O–H groups in total. The van der Waals surface area contributed by atoms with Gasteiger partial charge in [0.1, 0.15) is 5.82 Å². The minimum atomic E-state index is -0.303. The molecule has 1 aromatic carbocycles. The molecule has 0 spiro atoms. The number of nitrogens with one attached hydrogen (secondary N) is 1. The van der Waals surface area contributed by atoms with E-state index in [0.717, 1.165) is 10.8 Å². The lowest BCUT2D eigenvalue weighted by Gasteiger charge is -2.17. The van der Waals surface area contributed by atoms with E-state index >= 15 is 0 Å². The number of benzene rings is 1. The Kier molecular flexibility index (Phi) is 6.24. The van der Waals surface area contributed by atoms with Gasteiger partial charge in [0.05, 0.1) is 17.1 Å². The molecule has 0 saturated carbocycles. The van der Waals surface area contributed by atoms with Gasteiger partial charge in [-0.05, 0) is 38.3 Å². The number of aromatic nitrogens is 4. The molecule has 3 aromatic rings. The summed E-state index contributed by atoms with van der Waals surface area (Å²) >= 11 is 1.45. The van der Waals surface area contributed by atoms with E-state index in [-0.39, 0.29) is 17.2 Å². The second-order valence-electron chi connectivity index (χ2n) is 7.30. The maximum atomic E-state index is 12.7. The van der Waals surface area contributed by atoms with Crippen LogP contribution in [0.4, 0.5) is 5.82 Å². The summed E-state index contributed by atoms with van der Waals surface area (Å²) in [4.78, 5) is 17.2. The molecule has 6 nitrogen and oxygen atoms in total. The number of carbonyl (C=O) groups excluding carboxylic acids is 1. The van der Waals surface area contributed by atoms with E-state index < -0.39 is 0 Å². The lowest BCUT2D eigenvalue weighted by molar-refractivity contribution is -0.115. The molecule has 148 valence electrons. The van der Waals surface area contributed by atoms with E-state index in [1.165, 1.54) is 17.3 Å². The molecule has 1 unspecified atom stereocenters. The minimum Gasteiger partial charge on any atom is -0.310 e. The topological polar surface area (TPSA) is 64.7 Å². The third kappa shape index (κ3) is 4.30. The normalized spacial score (nSPS) is 12.5. The molecule has 2 heterocycles. The fraction of sp³-hybridized carbons (Fsp3) is 0.381. The fourth-order valence-corrected chi connectivity index (χ4v) is 3.90. The van der Waals surface area contributed by atoms with Gasteiger partial charge in [-0.1, -0.05) is 43.8 Å². The monoisotopic (exact) mass is 397 g/mol. The third-order valence-corrected chi connectivity index (χ3v) is 5.57. The van der Waals surface area contributed by atoms with Crippen molar-refractivity contribution in [1.29, 1.82) is 0 Å². The number of para-hydroxylation sites is 1. The van der Waals surface area contributed by atoms with Crippen molar-refractivity contribution in [2.45, 2.75) is 57.0 Å². The SMILES string of the molecule is CC(Sc1nccn1-c1ccccc1C(C)C)C(=O)Nc1ccnn1C(C)C. The first-order valence-electron chi connectivity index (χ1n) is 9.52. The zero-order valence-corrected chi connectivity index (χ0v) is 17.8. The maximum Gasteiger partial charge on any atom is 0.238 e. The summed E-state index contributed by atoms with van der Waals surface area (Å²) in [6.45, 7) is 10.3. The lowest BCUT2D eigenvalue weighted by Crippen LogP contribution is -2.25. The summed E-state index contributed by atoms with van der Waals surface area (Å²) in [6.07, 6.45) is 5.42. The molecule has 0 fully saturated rings. The van der Waals surface area contributed by atoms with Crippen LogP contribution in [-0.2, 0) is 4.79 Å². The Labute approximate surface area is 170 Å². The van der Waals surface area contributed by atoms with Gasteiger partial charge in [-0.25, -0.2) is 9.67 Å². The van der Waals surface area contributed by atoms with Crippen LogP contribution in [0.2, 0.25) is 0 Å². The highest BCUT2D eigenvalue weighted by molar-refractivity contribution is 8.00. The van der Waals surface area contributed by atoms with Gasteiger partial charge in [0.15, 0.2) is 5.16 Å². The van der Waals surface area contributed by atoms with Crippen molar-refractivity contribution in [3.8, 4) is 5.69 Å². The van der Waals surface area contributed by atoms with Crippen LogP contribution in [0.15, 0.2) is 54.1 Å². The highest BCUT2D eigenvalue weighted by atomic mass is 32.2. The smallest absolute Gasteiger partial charge is 0.238 e. The van der Waals surface area contributed by atoms with E-state index in [0.29, 0.717) is 11.7 Å². The van der Waals surface area contributed by atoms with Gasteiger partial charge >= 0.3 is 0 Å². The quantitative estimate of drug-likeness (QED) is 0.576. The summed E-state index contributed by atoms with van der Waals surface area (Å²) in [5, 5.41) is 7.74. The van der Waals surface area contributed by atoms with Crippen molar-refractivity contribution in [2.75, 3.05) is 5.32 Å². The lowest BCUT2D eigenvalue weighted by atomic mass is 10.0. The summed E-state index contributed by atoms with van der Waals surface area (Å²) < 4.78 is 3.86. The van der Waals surface area contributed by atoms with Crippen LogP contribution in [0, 0.1) is 0 Å². The van der Waals surface area contributed by atoms with E-state index in [1.54, 1.807) is 17.1 Å². The first kappa shape index (κ1) is 20.2. The van der Waals surface area contributed by atoms with Crippen molar-refractivity contribution < 1.29 is 4.79 Å². The molecule has 2 aromatic heterocycles. The van der Waals surface area contributed by atoms with Gasteiger partial charge in [0, 0.05) is 24.5 Å². The average Bonchev–Trinajstić information content (AvgIpc) is 3.31. The predicted octanol–water partition coefficient (Wildman–Crippen LogP) is 4.89. The number of carbonyl (C=O) groups is 1. The van der Waals surface area contributed by atoms with Crippen LogP contribution in [0.5, 0.6) is 0 Å². The first-order chi connectivity index (χ1) is 13.4. The molecule has 0 aliphatic heterocycles. The molecule has 0 aliphatic rings. The molecule has 28 heavy (non-hydrogen) atoms. The summed E-state index contributed by atoms with van der Waals surface area (Å²) in [5.41, 5.74) is 2.35. The van der Waals surface area contributed by atoms with Crippen LogP contribution in [-0.4, -0.2) is 30.5 Å². The Morgan fingerprint density at radius 1 is 1.07 bits per heavy atom. The Hall–Kier alpha value is -2.54. The van der Waals surface area contributed by atoms with Crippen molar-refractivity contribution in [2.24, 2.45) is 0 Å². The third-order valence-electron chi connectivity index (χ3n) is 4.49. The van der Waals surface area contributed by atoms with E-state index in [4.69, 9.17) is 0 Å². The van der Waals surface area contributed by atoms with Crippen LogP contribution in [0.25, 0.3) is 5.69 Å². The molecular weight excluding hydrogens is 370 g/mol. The van der Waals surface area contributed by atoms with Crippen LogP contribution in [0.3, 0.4) is 0 Å². The van der Waals surface area contributed by atoms with Crippen LogP contribution in [0.1, 0.15) is 52.1 Å². The zero-order chi connectivity index (χ0) is 20.3. The Balaban J connectivity index is 1.77. The van der Waals surface area contributed by atoms with Gasteiger partial charge in [0.25, 0.3) is 0 Å². The van der Waals surface area contributed by atoms with E-state index in [1.807, 2.05) is 39.1 Å². The van der Waals surface area contributed by atoms with Gasteiger partial charge in [-0.2, -0.15) is 5.10 Å². The second-order valence-corrected chi connectivity index (χ2v) is 8.61. The van der Waals surface area contributed by atoms with Crippen molar-refractivity contribution in [3.63, 3.8) is 0 Å². The standard InChI is InChI=1S/C21H27N5OS/c1-14(2)17-8-6-7-9-18(17)25-13-12-22-21(25)28-16(5)20(27)24-19-10-11-23-26(19)15(3)4/h6-16H,1-5H3,(H,24,27). The predicted molar refractivity (Wildman–Crippen MR) is 114 cm³/mol. The number of imidazole rings is 1. The molecule has 0 bridgehead atoms. The molecule has 7 heteroatoms. The minimum absolute atomic E-state index is 0.0703. The highest BCUT2D eigenvalue weighted by Crippen LogP contribution is 2.29. The average molecular weight is 398 g/mol. The number of rotatable bonds is 7. The number of amides is 1. The molecule has 0 saturated heterocycles. The molecule has 0 aliphatic carbocycles. The highest BCUT2D eigenvalue weighted by Gasteiger charge is 2.20. The van der Waals surface area contributed by atoms with Crippen LogP contribution < -0.4 is 5.32 Å². The number of thioether (sulfide) groups is 1. The zero-order valence-electron chi connectivity index (χ0n) is 17.0.